The van der Waals surface area contributed by atoms with Crippen molar-refractivity contribution in [3.8, 4) is 0 Å². The van der Waals surface area contributed by atoms with E-state index in [1.165, 1.54) is 11.8 Å². The number of anilines is 1. The predicted octanol–water partition coefficient (Wildman–Crippen LogP) is 2.05. The molecule has 0 aliphatic rings. The maximum atomic E-state index is 11.8. The molecule has 0 saturated heterocycles. The number of carbonyl (C=O) groups is 1. The van der Waals surface area contributed by atoms with Gasteiger partial charge in [-0.05, 0) is 17.0 Å². The van der Waals surface area contributed by atoms with Crippen LogP contribution in [-0.2, 0) is 6.54 Å². The van der Waals surface area contributed by atoms with E-state index in [0.29, 0.717) is 18.0 Å². The molecule has 0 atom stereocenters. The number of nitrogens with zero attached hydrogens (tertiary/aromatic N) is 1. The van der Waals surface area contributed by atoms with Crippen molar-refractivity contribution >= 4 is 11.7 Å². The van der Waals surface area contributed by atoms with E-state index in [4.69, 9.17) is 5.73 Å². The molecule has 0 radical (unpaired) electrons. The summed E-state index contributed by atoms with van der Waals surface area (Å²) in [5, 5.41) is 9.06. The van der Waals surface area contributed by atoms with Crippen molar-refractivity contribution in [2.45, 2.75) is 26.3 Å². The number of nitrogen functional groups attached to an aromatic ring is 1. The molecule has 2 rings (SSSR count). The third-order valence-corrected chi connectivity index (χ3v) is 3.01. The van der Waals surface area contributed by atoms with Crippen LogP contribution in [0.5, 0.6) is 0 Å². The van der Waals surface area contributed by atoms with E-state index in [2.05, 4.69) is 41.5 Å². The third-order valence-electron chi connectivity index (χ3n) is 3.01. The van der Waals surface area contributed by atoms with E-state index in [1.807, 2.05) is 12.1 Å². The molecule has 2 aromatic rings. The number of amides is 1. The van der Waals surface area contributed by atoms with E-state index in [1.54, 1.807) is 0 Å². The molecule has 100 valence electrons. The Morgan fingerprint density at radius 1 is 1.37 bits per heavy atom. The van der Waals surface area contributed by atoms with Crippen LogP contribution >= 0.6 is 0 Å². The number of benzene rings is 1. The van der Waals surface area contributed by atoms with Gasteiger partial charge in [-0.15, -0.1) is 0 Å². The molecule has 0 bridgehead atoms. The summed E-state index contributed by atoms with van der Waals surface area (Å²) in [5.41, 5.74) is 8.30. The second-order valence-electron chi connectivity index (χ2n) is 4.78. The van der Waals surface area contributed by atoms with E-state index >= 15 is 0 Å². The lowest BCUT2D eigenvalue weighted by atomic mass is 10.0. The minimum atomic E-state index is -0.223. The first-order valence-electron chi connectivity index (χ1n) is 6.24. The van der Waals surface area contributed by atoms with Crippen LogP contribution in [0.1, 0.15) is 41.3 Å². The molecule has 1 aromatic heterocycles. The Kier molecular flexibility index (Phi) is 3.85. The molecular weight excluding hydrogens is 240 g/mol. The van der Waals surface area contributed by atoms with Crippen LogP contribution in [0.15, 0.2) is 30.5 Å². The van der Waals surface area contributed by atoms with Gasteiger partial charge in [0.05, 0.1) is 6.20 Å². The van der Waals surface area contributed by atoms with Gasteiger partial charge >= 0.3 is 0 Å². The summed E-state index contributed by atoms with van der Waals surface area (Å²) in [4.78, 5) is 11.8. The molecule has 4 N–H and O–H groups in total. The number of carbonyl (C=O) groups excluding carboxylic acids is 1. The number of H-pyrrole nitrogens is 1. The van der Waals surface area contributed by atoms with Gasteiger partial charge in [-0.1, -0.05) is 38.1 Å². The Bertz CT molecular complexity index is 557. The standard InChI is InChI=1S/C14H18N4O/c1-9(2)11-5-3-10(4-6-11)7-16-14(19)12-8-17-18-13(12)15/h3-6,8-9H,7H2,1-2H3,(H,16,19)(H3,15,17,18). The molecule has 0 fully saturated rings. The topological polar surface area (TPSA) is 83.8 Å². The van der Waals surface area contributed by atoms with Crippen LogP contribution in [0.4, 0.5) is 5.82 Å². The smallest absolute Gasteiger partial charge is 0.256 e. The zero-order valence-corrected chi connectivity index (χ0v) is 11.1. The summed E-state index contributed by atoms with van der Waals surface area (Å²) in [6.45, 7) is 4.78. The normalized spacial score (nSPS) is 10.7. The third kappa shape index (κ3) is 3.13. The Labute approximate surface area is 112 Å². The molecule has 1 amide bonds. The number of aromatic amines is 1. The second-order valence-corrected chi connectivity index (χ2v) is 4.78. The van der Waals surface area contributed by atoms with Gasteiger partial charge in [0.25, 0.3) is 5.91 Å². The van der Waals surface area contributed by atoms with Gasteiger partial charge in [0.1, 0.15) is 11.4 Å². The molecule has 0 spiro atoms. The fourth-order valence-electron chi connectivity index (χ4n) is 1.78. The van der Waals surface area contributed by atoms with E-state index in [9.17, 15) is 4.79 Å². The minimum absolute atomic E-state index is 0.223. The van der Waals surface area contributed by atoms with E-state index in [0.717, 1.165) is 5.56 Å². The fraction of sp³-hybridized carbons (Fsp3) is 0.286. The van der Waals surface area contributed by atoms with Gasteiger partial charge in [-0.3, -0.25) is 9.89 Å². The highest BCUT2D eigenvalue weighted by Gasteiger charge is 2.10. The van der Waals surface area contributed by atoms with Gasteiger partial charge in [-0.2, -0.15) is 5.10 Å². The Hall–Kier alpha value is -2.30. The highest BCUT2D eigenvalue weighted by Crippen LogP contribution is 2.14. The molecule has 5 heteroatoms. The van der Waals surface area contributed by atoms with Gasteiger partial charge < -0.3 is 11.1 Å². The summed E-state index contributed by atoms with van der Waals surface area (Å²) in [5.74, 6) is 0.571. The number of rotatable bonds is 4. The zero-order valence-electron chi connectivity index (χ0n) is 11.1. The van der Waals surface area contributed by atoms with Crippen molar-refractivity contribution in [2.24, 2.45) is 0 Å². The monoisotopic (exact) mass is 258 g/mol. The highest BCUT2D eigenvalue weighted by molar-refractivity contribution is 5.97. The Balaban J connectivity index is 1.95. The lowest BCUT2D eigenvalue weighted by Crippen LogP contribution is -2.23. The summed E-state index contributed by atoms with van der Waals surface area (Å²) in [6, 6.07) is 8.21. The van der Waals surface area contributed by atoms with Crippen LogP contribution in [0, 0.1) is 0 Å². The fourth-order valence-corrected chi connectivity index (χ4v) is 1.78. The average Bonchev–Trinajstić information content (AvgIpc) is 2.83. The van der Waals surface area contributed by atoms with E-state index in [-0.39, 0.29) is 11.7 Å². The lowest BCUT2D eigenvalue weighted by molar-refractivity contribution is 0.0952. The van der Waals surface area contributed by atoms with E-state index < -0.39 is 0 Å². The predicted molar refractivity (Wildman–Crippen MR) is 74.7 cm³/mol. The Morgan fingerprint density at radius 2 is 2.05 bits per heavy atom. The van der Waals surface area contributed by atoms with Gasteiger partial charge in [0, 0.05) is 6.54 Å². The van der Waals surface area contributed by atoms with Crippen molar-refractivity contribution in [3.05, 3.63) is 47.2 Å². The van der Waals surface area contributed by atoms with Crippen LogP contribution in [0.2, 0.25) is 0 Å². The SMILES string of the molecule is CC(C)c1ccc(CNC(=O)c2cn[nH]c2N)cc1. The van der Waals surface area contributed by atoms with Crippen molar-refractivity contribution in [2.75, 3.05) is 5.73 Å². The quantitative estimate of drug-likeness (QED) is 0.784. The van der Waals surface area contributed by atoms with Gasteiger partial charge in [0.15, 0.2) is 0 Å². The van der Waals surface area contributed by atoms with Crippen molar-refractivity contribution < 1.29 is 4.79 Å². The van der Waals surface area contributed by atoms with Crippen molar-refractivity contribution in [1.29, 1.82) is 0 Å². The molecular formula is C14H18N4O. The average molecular weight is 258 g/mol. The molecule has 5 nitrogen and oxygen atoms in total. The van der Waals surface area contributed by atoms with Gasteiger partial charge in [0.2, 0.25) is 0 Å². The number of hydrogen-bond donors (Lipinski definition) is 3. The molecule has 0 aliphatic heterocycles. The number of nitrogens with one attached hydrogen (secondary N) is 2. The van der Waals surface area contributed by atoms with Crippen LogP contribution in [0.3, 0.4) is 0 Å². The highest BCUT2D eigenvalue weighted by atomic mass is 16.1. The lowest BCUT2D eigenvalue weighted by Gasteiger charge is -2.08. The van der Waals surface area contributed by atoms with Crippen molar-refractivity contribution in [1.82, 2.24) is 15.5 Å². The first-order chi connectivity index (χ1) is 9.08. The molecule has 1 aromatic carbocycles. The molecule has 0 saturated carbocycles. The molecule has 0 unspecified atom stereocenters. The summed E-state index contributed by atoms with van der Waals surface area (Å²) >= 11 is 0. The summed E-state index contributed by atoms with van der Waals surface area (Å²) < 4.78 is 0. The maximum Gasteiger partial charge on any atom is 0.256 e. The maximum absolute atomic E-state index is 11.8. The molecule has 1 heterocycles. The summed E-state index contributed by atoms with van der Waals surface area (Å²) in [7, 11) is 0. The zero-order chi connectivity index (χ0) is 13.8. The van der Waals surface area contributed by atoms with Crippen LogP contribution < -0.4 is 11.1 Å². The number of nitrogens with two attached hydrogens (primary N) is 1. The van der Waals surface area contributed by atoms with Gasteiger partial charge in [-0.25, -0.2) is 0 Å². The first-order valence-corrected chi connectivity index (χ1v) is 6.24. The summed E-state index contributed by atoms with van der Waals surface area (Å²) in [6.07, 6.45) is 1.42. The number of aromatic nitrogens is 2. The minimum Gasteiger partial charge on any atom is -0.383 e. The number of hydrogen-bond acceptors (Lipinski definition) is 3. The second kappa shape index (κ2) is 5.56. The molecule has 0 aliphatic carbocycles. The Morgan fingerprint density at radius 3 is 2.58 bits per heavy atom. The van der Waals surface area contributed by atoms with Crippen molar-refractivity contribution in [3.63, 3.8) is 0 Å². The first kappa shape index (κ1) is 13.1. The molecule has 19 heavy (non-hydrogen) atoms. The largest absolute Gasteiger partial charge is 0.383 e. The van der Waals surface area contributed by atoms with Crippen LogP contribution in [-0.4, -0.2) is 16.1 Å². The van der Waals surface area contributed by atoms with Crippen LogP contribution in [0.25, 0.3) is 0 Å².